The van der Waals surface area contributed by atoms with Gasteiger partial charge in [0, 0.05) is 42.3 Å². The molecule has 0 radical (unpaired) electrons. The van der Waals surface area contributed by atoms with Crippen LogP contribution in [0.1, 0.15) is 37.7 Å². The summed E-state index contributed by atoms with van der Waals surface area (Å²) < 4.78 is 13.3. The number of rotatable bonds is 9. The first-order valence-electron chi connectivity index (χ1n) is 11.0. The van der Waals surface area contributed by atoms with E-state index in [2.05, 4.69) is 26.7 Å². The van der Waals surface area contributed by atoms with Crippen molar-refractivity contribution in [2.45, 2.75) is 50.2 Å². The summed E-state index contributed by atoms with van der Waals surface area (Å²) in [6, 6.07) is 12.8. The molecule has 34 heavy (non-hydrogen) atoms. The van der Waals surface area contributed by atoms with E-state index in [0.717, 1.165) is 30.2 Å². The van der Waals surface area contributed by atoms with Crippen LogP contribution in [0.5, 0.6) is 0 Å². The molecule has 8 N–H and O–H groups in total. The number of hydrogen-bond donors (Lipinski definition) is 5. The van der Waals surface area contributed by atoms with Gasteiger partial charge in [-0.25, -0.2) is 9.98 Å². The molecule has 1 aliphatic carbocycles. The lowest BCUT2D eigenvalue weighted by molar-refractivity contribution is -0.114. The maximum Gasteiger partial charge on any atom is 0.253 e. The number of amides is 1. The van der Waals surface area contributed by atoms with Gasteiger partial charge in [-0.15, -0.1) is 0 Å². The Morgan fingerprint density at radius 1 is 1.29 bits per heavy atom. The highest BCUT2D eigenvalue weighted by atomic mass is 19.1. The highest BCUT2D eigenvalue weighted by Gasteiger charge is 2.34. The number of carbonyl (C=O) groups excluding carboxylic acids is 1. The summed E-state index contributed by atoms with van der Waals surface area (Å²) in [7, 11) is 0. The fourth-order valence-electron chi connectivity index (χ4n) is 4.01. The molecule has 0 atom stereocenters. The number of benzene rings is 1. The van der Waals surface area contributed by atoms with E-state index in [0.29, 0.717) is 19.4 Å². The Balaban J connectivity index is 1.67. The number of aromatic nitrogens is 1. The standard InChI is InChI=1S/C24H29FN8O/c25-21-13-18(7-12-30-21)33-22(28)19(23(29)34)15-32-24(10-11-26)8-5-17(6-9-24)31-14-16-3-1-2-4-20(16)27/h1-4,7,12-13,15,17,31-32H,5-6,8-10,14,27H2,(H2,29,34)(H2,28,30,33)/b19-15+. The van der Waals surface area contributed by atoms with Crippen LogP contribution in [0.2, 0.25) is 0 Å². The third kappa shape index (κ3) is 6.52. The van der Waals surface area contributed by atoms with Crippen LogP contribution in [-0.2, 0) is 11.3 Å². The van der Waals surface area contributed by atoms with Gasteiger partial charge in [-0.1, -0.05) is 18.2 Å². The molecule has 9 nitrogen and oxygen atoms in total. The first-order valence-corrected chi connectivity index (χ1v) is 11.0. The molecule has 3 rings (SSSR count). The van der Waals surface area contributed by atoms with Crippen molar-refractivity contribution >= 4 is 23.1 Å². The van der Waals surface area contributed by atoms with Crippen molar-refractivity contribution in [1.82, 2.24) is 15.6 Å². The highest BCUT2D eigenvalue weighted by Crippen LogP contribution is 2.31. The zero-order valence-corrected chi connectivity index (χ0v) is 18.8. The monoisotopic (exact) mass is 464 g/mol. The second-order valence-corrected chi connectivity index (χ2v) is 8.37. The van der Waals surface area contributed by atoms with Crippen molar-refractivity contribution in [2.24, 2.45) is 16.5 Å². The molecule has 10 heteroatoms. The number of anilines is 1. The average Bonchev–Trinajstić information content (AvgIpc) is 2.80. The molecule has 0 bridgehead atoms. The van der Waals surface area contributed by atoms with Crippen molar-refractivity contribution < 1.29 is 9.18 Å². The minimum atomic E-state index is -0.786. The Hall–Kier alpha value is -3.97. The molecular formula is C24H29FN8O. The number of para-hydroxylation sites is 1. The predicted octanol–water partition coefficient (Wildman–Crippen LogP) is 2.14. The van der Waals surface area contributed by atoms with Crippen LogP contribution >= 0.6 is 0 Å². The number of nitrogens with zero attached hydrogens (tertiary/aromatic N) is 3. The van der Waals surface area contributed by atoms with Gasteiger partial charge in [0.05, 0.1) is 23.8 Å². The summed E-state index contributed by atoms with van der Waals surface area (Å²) in [4.78, 5) is 19.5. The molecule has 1 heterocycles. The number of amidine groups is 1. The molecular weight excluding hydrogens is 435 g/mol. The van der Waals surface area contributed by atoms with Gasteiger partial charge in [-0.3, -0.25) is 4.79 Å². The van der Waals surface area contributed by atoms with Crippen LogP contribution in [0.3, 0.4) is 0 Å². The lowest BCUT2D eigenvalue weighted by Gasteiger charge is -2.39. The Labute approximate surface area is 197 Å². The molecule has 0 unspecified atom stereocenters. The maximum absolute atomic E-state index is 13.3. The van der Waals surface area contributed by atoms with Crippen molar-refractivity contribution in [3.63, 3.8) is 0 Å². The van der Waals surface area contributed by atoms with E-state index < -0.39 is 17.4 Å². The van der Waals surface area contributed by atoms with Crippen molar-refractivity contribution in [1.29, 1.82) is 5.26 Å². The normalized spacial score (nSPS) is 21.0. The fourth-order valence-corrected chi connectivity index (χ4v) is 4.01. The number of primary amides is 1. The Kier molecular flexibility index (Phi) is 8.16. The van der Waals surface area contributed by atoms with Gasteiger partial charge in [-0.05, 0) is 43.4 Å². The van der Waals surface area contributed by atoms with Gasteiger partial charge in [-0.2, -0.15) is 9.65 Å². The molecule has 1 saturated carbocycles. The number of nitriles is 1. The molecule has 0 spiro atoms. The van der Waals surface area contributed by atoms with Crippen LogP contribution in [0.4, 0.5) is 15.8 Å². The van der Waals surface area contributed by atoms with Crippen LogP contribution in [0.25, 0.3) is 0 Å². The largest absolute Gasteiger partial charge is 0.398 e. The molecule has 1 aliphatic rings. The quantitative estimate of drug-likeness (QED) is 0.124. The number of nitrogen functional groups attached to an aromatic ring is 1. The molecule has 1 fully saturated rings. The van der Waals surface area contributed by atoms with Crippen molar-refractivity contribution in [3.05, 3.63) is 65.9 Å². The third-order valence-electron chi connectivity index (χ3n) is 6.02. The van der Waals surface area contributed by atoms with E-state index in [-0.39, 0.29) is 29.6 Å². The summed E-state index contributed by atoms with van der Waals surface area (Å²) in [6.07, 6.45) is 5.99. The lowest BCUT2D eigenvalue weighted by Crippen LogP contribution is -2.49. The van der Waals surface area contributed by atoms with E-state index in [1.54, 1.807) is 0 Å². The number of halogens is 1. The molecule has 0 saturated heterocycles. The number of carbonyl (C=O) groups is 1. The van der Waals surface area contributed by atoms with Crippen LogP contribution in [-0.4, -0.2) is 28.3 Å². The molecule has 0 aliphatic heterocycles. The van der Waals surface area contributed by atoms with E-state index in [4.69, 9.17) is 17.2 Å². The number of aliphatic imine (C=N–C) groups is 1. The average molecular weight is 465 g/mol. The SMILES string of the molecule is N#CCC1(N/C=C(/C(N)=O)C(N)=Nc2ccnc(F)c2)CCC(NCc2ccccc2N)CC1. The first-order chi connectivity index (χ1) is 16.3. The summed E-state index contributed by atoms with van der Waals surface area (Å²) in [5.74, 6) is -1.66. The van der Waals surface area contributed by atoms with Gasteiger partial charge in [0.15, 0.2) is 0 Å². The number of nitrogens with two attached hydrogens (primary N) is 3. The van der Waals surface area contributed by atoms with Gasteiger partial charge in [0.2, 0.25) is 5.95 Å². The number of pyridine rings is 1. The molecule has 1 aromatic heterocycles. The highest BCUT2D eigenvalue weighted by molar-refractivity contribution is 6.20. The van der Waals surface area contributed by atoms with Crippen molar-refractivity contribution in [2.75, 3.05) is 5.73 Å². The minimum Gasteiger partial charge on any atom is -0.398 e. The number of nitrogens with one attached hydrogen (secondary N) is 2. The first kappa shape index (κ1) is 24.7. The van der Waals surface area contributed by atoms with E-state index in [9.17, 15) is 14.4 Å². The van der Waals surface area contributed by atoms with Gasteiger partial charge in [0.1, 0.15) is 5.84 Å². The lowest BCUT2D eigenvalue weighted by atomic mass is 9.77. The molecule has 1 aromatic carbocycles. The van der Waals surface area contributed by atoms with E-state index in [1.165, 1.54) is 18.5 Å². The van der Waals surface area contributed by atoms with E-state index in [1.807, 2.05) is 24.3 Å². The van der Waals surface area contributed by atoms with E-state index >= 15 is 0 Å². The van der Waals surface area contributed by atoms with Crippen LogP contribution < -0.4 is 27.8 Å². The van der Waals surface area contributed by atoms with Gasteiger partial charge in [0.25, 0.3) is 5.91 Å². The summed E-state index contributed by atoms with van der Waals surface area (Å²) >= 11 is 0. The van der Waals surface area contributed by atoms with Gasteiger partial charge >= 0.3 is 0 Å². The summed E-state index contributed by atoms with van der Waals surface area (Å²) in [5, 5.41) is 16.2. The third-order valence-corrected chi connectivity index (χ3v) is 6.02. The summed E-state index contributed by atoms with van der Waals surface area (Å²) in [6.45, 7) is 0.671. The smallest absolute Gasteiger partial charge is 0.253 e. The minimum absolute atomic E-state index is 0.0469. The second-order valence-electron chi connectivity index (χ2n) is 8.37. The van der Waals surface area contributed by atoms with Crippen LogP contribution in [0, 0.1) is 17.3 Å². The van der Waals surface area contributed by atoms with Gasteiger partial charge < -0.3 is 27.8 Å². The predicted molar refractivity (Wildman–Crippen MR) is 129 cm³/mol. The zero-order valence-electron chi connectivity index (χ0n) is 18.8. The molecule has 178 valence electrons. The fraction of sp³-hybridized carbons (Fsp3) is 0.333. The second kappa shape index (κ2) is 11.2. The Morgan fingerprint density at radius 2 is 2.03 bits per heavy atom. The molecule has 2 aromatic rings. The van der Waals surface area contributed by atoms with Crippen molar-refractivity contribution in [3.8, 4) is 6.07 Å². The molecule has 1 amide bonds. The number of hydrogen-bond acceptors (Lipinski definition) is 7. The van der Waals surface area contributed by atoms with Crippen LogP contribution in [0.15, 0.2) is 59.4 Å². The maximum atomic E-state index is 13.3. The Bertz CT molecular complexity index is 1120. The summed E-state index contributed by atoms with van der Waals surface area (Å²) in [5.41, 5.74) is 18.9. The topological polar surface area (TPSA) is 168 Å². The Morgan fingerprint density at radius 3 is 2.68 bits per heavy atom. The zero-order chi connectivity index (χ0) is 24.6.